The lowest BCUT2D eigenvalue weighted by molar-refractivity contribution is -0.130. The van der Waals surface area contributed by atoms with Crippen LogP contribution in [-0.4, -0.2) is 29.3 Å². The number of amides is 1. The maximum atomic E-state index is 12.3. The molecule has 5 heteroatoms. The predicted octanol–water partition coefficient (Wildman–Crippen LogP) is 3.34. The molecule has 24 heavy (non-hydrogen) atoms. The van der Waals surface area contributed by atoms with Crippen LogP contribution in [0.2, 0.25) is 0 Å². The molecule has 0 radical (unpaired) electrons. The van der Waals surface area contributed by atoms with E-state index in [1.807, 2.05) is 27.7 Å². The standard InChI is InChI=1S/C19H33NO4.H2/c1-12(2)16(21)8-7-9-18(23)20-15(19(24)14(5)6)10-11-17(22)13(3)4;/h12-15H,7-11H2,1-6H3,(H,20,23);1H. The van der Waals surface area contributed by atoms with Gasteiger partial charge in [-0.3, -0.25) is 19.2 Å². The van der Waals surface area contributed by atoms with Gasteiger partial charge in [0.05, 0.1) is 6.04 Å². The van der Waals surface area contributed by atoms with Gasteiger partial charge in [0.2, 0.25) is 5.91 Å². The van der Waals surface area contributed by atoms with Crippen molar-refractivity contribution in [3.05, 3.63) is 0 Å². The molecule has 1 N–H and O–H groups in total. The van der Waals surface area contributed by atoms with E-state index >= 15 is 0 Å². The van der Waals surface area contributed by atoms with Gasteiger partial charge in [0, 0.05) is 38.4 Å². The summed E-state index contributed by atoms with van der Waals surface area (Å²) >= 11 is 0. The van der Waals surface area contributed by atoms with Gasteiger partial charge < -0.3 is 5.32 Å². The molecule has 0 saturated carbocycles. The fourth-order valence-electron chi connectivity index (χ4n) is 2.24. The number of hydrogen-bond acceptors (Lipinski definition) is 4. The molecule has 1 unspecified atom stereocenters. The number of Topliss-reactive ketones (excluding diaryl/α,β-unsaturated/α-hetero) is 3. The summed E-state index contributed by atoms with van der Waals surface area (Å²) in [6.45, 7) is 10.9. The van der Waals surface area contributed by atoms with Crippen molar-refractivity contribution in [2.75, 3.05) is 0 Å². The van der Waals surface area contributed by atoms with Crippen LogP contribution in [0.15, 0.2) is 0 Å². The fourth-order valence-corrected chi connectivity index (χ4v) is 2.24. The summed E-state index contributed by atoms with van der Waals surface area (Å²) in [7, 11) is 0. The van der Waals surface area contributed by atoms with Crippen molar-refractivity contribution in [1.82, 2.24) is 5.32 Å². The maximum Gasteiger partial charge on any atom is 0.220 e. The fraction of sp³-hybridized carbons (Fsp3) is 0.789. The van der Waals surface area contributed by atoms with Crippen LogP contribution in [0.5, 0.6) is 0 Å². The summed E-state index contributed by atoms with van der Waals surface area (Å²) < 4.78 is 0. The zero-order chi connectivity index (χ0) is 18.9. The summed E-state index contributed by atoms with van der Waals surface area (Å²) in [5, 5.41) is 2.74. The van der Waals surface area contributed by atoms with Gasteiger partial charge in [-0.25, -0.2) is 0 Å². The SMILES string of the molecule is CC(C)C(=O)CCCC(=O)NC(CCC(=O)C(C)C)C(=O)C(C)C.[HH]. The molecule has 0 spiro atoms. The molecule has 1 amide bonds. The first kappa shape index (κ1) is 22.5. The Kier molecular flexibility index (Phi) is 10.4. The summed E-state index contributed by atoms with van der Waals surface area (Å²) in [4.78, 5) is 47.6. The number of rotatable bonds is 12. The van der Waals surface area contributed by atoms with Crippen molar-refractivity contribution in [3.8, 4) is 0 Å². The van der Waals surface area contributed by atoms with Crippen molar-refractivity contribution >= 4 is 23.3 Å². The third kappa shape index (κ3) is 8.94. The van der Waals surface area contributed by atoms with Gasteiger partial charge in [0.25, 0.3) is 0 Å². The Morgan fingerprint density at radius 3 is 1.71 bits per heavy atom. The zero-order valence-corrected chi connectivity index (χ0v) is 16.0. The van der Waals surface area contributed by atoms with Crippen LogP contribution < -0.4 is 5.32 Å². The van der Waals surface area contributed by atoms with Gasteiger partial charge in [-0.1, -0.05) is 41.5 Å². The first-order valence-corrected chi connectivity index (χ1v) is 8.94. The van der Waals surface area contributed by atoms with E-state index in [4.69, 9.17) is 0 Å². The van der Waals surface area contributed by atoms with Gasteiger partial charge in [0.1, 0.15) is 11.6 Å². The molecular formula is C19H35NO4. The first-order chi connectivity index (χ1) is 11.1. The topological polar surface area (TPSA) is 80.3 Å². The number of carbonyl (C=O) groups is 4. The molecule has 0 heterocycles. The normalized spacial score (nSPS) is 12.5. The van der Waals surface area contributed by atoms with Crippen LogP contribution in [0.4, 0.5) is 0 Å². The highest BCUT2D eigenvalue weighted by molar-refractivity contribution is 5.91. The Labute approximate surface area is 147 Å². The van der Waals surface area contributed by atoms with Crippen LogP contribution in [-0.2, 0) is 19.2 Å². The summed E-state index contributed by atoms with van der Waals surface area (Å²) in [5.74, 6) is -0.357. The molecule has 140 valence electrons. The Hall–Kier alpha value is -1.52. The van der Waals surface area contributed by atoms with E-state index in [-0.39, 0.29) is 55.3 Å². The van der Waals surface area contributed by atoms with E-state index < -0.39 is 6.04 Å². The molecule has 0 aromatic rings. The van der Waals surface area contributed by atoms with Crippen molar-refractivity contribution < 1.29 is 20.6 Å². The van der Waals surface area contributed by atoms with Crippen molar-refractivity contribution in [3.63, 3.8) is 0 Å². The third-order valence-corrected chi connectivity index (χ3v) is 4.04. The number of nitrogens with one attached hydrogen (secondary N) is 1. The Bertz CT molecular complexity index is 458. The van der Waals surface area contributed by atoms with Crippen LogP contribution in [0.25, 0.3) is 0 Å². The molecule has 0 saturated heterocycles. The van der Waals surface area contributed by atoms with Gasteiger partial charge >= 0.3 is 0 Å². The van der Waals surface area contributed by atoms with E-state index in [1.54, 1.807) is 13.8 Å². The number of carbonyl (C=O) groups excluding carboxylic acids is 4. The lowest BCUT2D eigenvalue weighted by atomic mass is 9.94. The molecule has 0 aliphatic rings. The highest BCUT2D eigenvalue weighted by Gasteiger charge is 2.24. The minimum absolute atomic E-state index is 0. The molecule has 5 nitrogen and oxygen atoms in total. The second kappa shape index (κ2) is 11.1. The molecule has 0 bridgehead atoms. The zero-order valence-electron chi connectivity index (χ0n) is 16.0. The van der Waals surface area contributed by atoms with Crippen LogP contribution in [0.3, 0.4) is 0 Å². The van der Waals surface area contributed by atoms with Gasteiger partial charge in [0.15, 0.2) is 5.78 Å². The van der Waals surface area contributed by atoms with Crippen LogP contribution in [0, 0.1) is 17.8 Å². The smallest absolute Gasteiger partial charge is 0.220 e. The third-order valence-electron chi connectivity index (χ3n) is 4.04. The lowest BCUT2D eigenvalue weighted by Gasteiger charge is -2.20. The molecule has 0 aliphatic heterocycles. The highest BCUT2D eigenvalue weighted by atomic mass is 16.2. The maximum absolute atomic E-state index is 12.3. The van der Waals surface area contributed by atoms with Crippen molar-refractivity contribution in [1.29, 1.82) is 0 Å². The quantitative estimate of drug-likeness (QED) is 0.590. The second-order valence-electron chi connectivity index (χ2n) is 7.31. The predicted molar refractivity (Wildman–Crippen MR) is 96.7 cm³/mol. The highest BCUT2D eigenvalue weighted by Crippen LogP contribution is 2.11. The van der Waals surface area contributed by atoms with Crippen molar-refractivity contribution in [2.45, 2.75) is 79.7 Å². The summed E-state index contributed by atoms with van der Waals surface area (Å²) in [6, 6.07) is -0.624. The van der Waals surface area contributed by atoms with Crippen molar-refractivity contribution in [2.24, 2.45) is 17.8 Å². The number of hydrogen-bond donors (Lipinski definition) is 1. The molecule has 0 aromatic carbocycles. The minimum Gasteiger partial charge on any atom is -0.346 e. The molecule has 1 atom stereocenters. The molecule has 0 fully saturated rings. The van der Waals surface area contributed by atoms with Gasteiger partial charge in [-0.2, -0.15) is 0 Å². The van der Waals surface area contributed by atoms with E-state index in [0.29, 0.717) is 19.3 Å². The van der Waals surface area contributed by atoms with E-state index in [9.17, 15) is 19.2 Å². The summed E-state index contributed by atoms with van der Waals surface area (Å²) in [5.41, 5.74) is 0. The largest absolute Gasteiger partial charge is 0.346 e. The molecule has 0 aliphatic carbocycles. The Morgan fingerprint density at radius 2 is 1.25 bits per heavy atom. The lowest BCUT2D eigenvalue weighted by Crippen LogP contribution is -2.43. The minimum atomic E-state index is -0.624. The Balaban J connectivity index is 0. The van der Waals surface area contributed by atoms with E-state index in [2.05, 4.69) is 5.32 Å². The van der Waals surface area contributed by atoms with E-state index in [1.165, 1.54) is 0 Å². The second-order valence-corrected chi connectivity index (χ2v) is 7.31. The summed E-state index contributed by atoms with van der Waals surface area (Å²) in [6.07, 6.45) is 1.70. The van der Waals surface area contributed by atoms with E-state index in [0.717, 1.165) is 0 Å². The average Bonchev–Trinajstić information content (AvgIpc) is 2.49. The van der Waals surface area contributed by atoms with Crippen LogP contribution >= 0.6 is 0 Å². The molecule has 0 rings (SSSR count). The number of ketones is 3. The van der Waals surface area contributed by atoms with Gasteiger partial charge in [-0.05, 0) is 12.8 Å². The molecular weight excluding hydrogens is 306 g/mol. The average molecular weight is 341 g/mol. The monoisotopic (exact) mass is 341 g/mol. The first-order valence-electron chi connectivity index (χ1n) is 8.94. The van der Waals surface area contributed by atoms with Crippen LogP contribution in [0.1, 0.15) is 75.1 Å². The molecule has 0 aromatic heterocycles. The Morgan fingerprint density at radius 1 is 0.750 bits per heavy atom. The van der Waals surface area contributed by atoms with Gasteiger partial charge in [-0.15, -0.1) is 0 Å².